The van der Waals surface area contributed by atoms with Crippen LogP contribution in [0.4, 0.5) is 5.82 Å². The van der Waals surface area contributed by atoms with Crippen molar-refractivity contribution in [2.24, 2.45) is 0 Å². The molecule has 1 amide bonds. The number of amides is 1. The SMILES string of the molecule is CCN(CC)C(=O)CCNc1nccn2c(C)nnc12. The number of hydrogen-bond acceptors (Lipinski definition) is 5. The van der Waals surface area contributed by atoms with Crippen molar-refractivity contribution in [2.75, 3.05) is 25.0 Å². The van der Waals surface area contributed by atoms with E-state index in [1.165, 1.54) is 0 Å². The number of rotatable bonds is 6. The van der Waals surface area contributed by atoms with Crippen LogP contribution in [0.2, 0.25) is 0 Å². The molecule has 0 aliphatic carbocycles. The number of aryl methyl sites for hydroxylation is 1. The molecule has 2 heterocycles. The van der Waals surface area contributed by atoms with Gasteiger partial charge in [-0.05, 0) is 20.8 Å². The van der Waals surface area contributed by atoms with Gasteiger partial charge in [0.05, 0.1) is 0 Å². The Morgan fingerprint density at radius 2 is 2.10 bits per heavy atom. The Labute approximate surface area is 118 Å². The maximum atomic E-state index is 11.9. The monoisotopic (exact) mass is 276 g/mol. The van der Waals surface area contributed by atoms with Crippen LogP contribution in [0.25, 0.3) is 5.65 Å². The Morgan fingerprint density at radius 1 is 1.35 bits per heavy atom. The summed E-state index contributed by atoms with van der Waals surface area (Å²) >= 11 is 0. The summed E-state index contributed by atoms with van der Waals surface area (Å²) in [5.74, 6) is 1.61. The molecule has 0 unspecified atom stereocenters. The lowest BCUT2D eigenvalue weighted by molar-refractivity contribution is -0.130. The van der Waals surface area contributed by atoms with E-state index in [0.717, 1.165) is 18.9 Å². The van der Waals surface area contributed by atoms with Crippen molar-refractivity contribution >= 4 is 17.4 Å². The molecular weight excluding hydrogens is 256 g/mol. The lowest BCUT2D eigenvalue weighted by atomic mass is 10.3. The molecule has 0 bridgehead atoms. The fourth-order valence-electron chi connectivity index (χ4n) is 2.09. The molecule has 2 rings (SSSR count). The van der Waals surface area contributed by atoms with Crippen molar-refractivity contribution in [3.8, 4) is 0 Å². The average Bonchev–Trinajstić information content (AvgIpc) is 2.83. The summed E-state index contributed by atoms with van der Waals surface area (Å²) in [6.45, 7) is 7.87. The second-order valence-electron chi connectivity index (χ2n) is 4.46. The number of hydrogen-bond donors (Lipinski definition) is 1. The lowest BCUT2D eigenvalue weighted by Gasteiger charge is -2.18. The predicted molar refractivity (Wildman–Crippen MR) is 76.6 cm³/mol. The quantitative estimate of drug-likeness (QED) is 0.855. The fraction of sp³-hybridized carbons (Fsp3) is 0.538. The molecule has 20 heavy (non-hydrogen) atoms. The molecule has 7 nitrogen and oxygen atoms in total. The zero-order valence-corrected chi connectivity index (χ0v) is 12.1. The number of nitrogens with one attached hydrogen (secondary N) is 1. The summed E-state index contributed by atoms with van der Waals surface area (Å²) in [6.07, 6.45) is 3.95. The Hall–Kier alpha value is -2.18. The third-order valence-corrected chi connectivity index (χ3v) is 3.24. The fourth-order valence-corrected chi connectivity index (χ4v) is 2.09. The first-order valence-electron chi connectivity index (χ1n) is 6.85. The largest absolute Gasteiger partial charge is 0.366 e. The number of fused-ring (bicyclic) bond motifs is 1. The first-order chi connectivity index (χ1) is 9.67. The number of carbonyl (C=O) groups excluding carboxylic acids is 1. The third-order valence-electron chi connectivity index (χ3n) is 3.24. The minimum absolute atomic E-state index is 0.145. The van der Waals surface area contributed by atoms with E-state index >= 15 is 0 Å². The van der Waals surface area contributed by atoms with Crippen LogP contribution >= 0.6 is 0 Å². The number of nitrogens with zero attached hydrogens (tertiary/aromatic N) is 5. The maximum absolute atomic E-state index is 11.9. The van der Waals surface area contributed by atoms with E-state index < -0.39 is 0 Å². The molecule has 1 N–H and O–H groups in total. The highest BCUT2D eigenvalue weighted by Crippen LogP contribution is 2.11. The van der Waals surface area contributed by atoms with Crippen LogP contribution in [-0.4, -0.2) is 50.0 Å². The highest BCUT2D eigenvalue weighted by molar-refractivity contribution is 5.76. The first-order valence-corrected chi connectivity index (χ1v) is 6.85. The summed E-state index contributed by atoms with van der Waals surface area (Å²) in [7, 11) is 0. The van der Waals surface area contributed by atoms with Gasteiger partial charge in [0, 0.05) is 38.4 Å². The van der Waals surface area contributed by atoms with Crippen LogP contribution < -0.4 is 5.32 Å². The van der Waals surface area contributed by atoms with Gasteiger partial charge in [-0.3, -0.25) is 9.20 Å². The van der Waals surface area contributed by atoms with E-state index in [4.69, 9.17) is 0 Å². The highest BCUT2D eigenvalue weighted by Gasteiger charge is 2.10. The zero-order chi connectivity index (χ0) is 14.5. The molecule has 2 aromatic heterocycles. The third kappa shape index (κ3) is 2.87. The van der Waals surface area contributed by atoms with Crippen LogP contribution in [0.3, 0.4) is 0 Å². The number of anilines is 1. The molecular formula is C13H20N6O. The Balaban J connectivity index is 1.98. The van der Waals surface area contributed by atoms with Crippen molar-refractivity contribution in [3.05, 3.63) is 18.2 Å². The molecule has 0 fully saturated rings. The minimum atomic E-state index is 0.145. The minimum Gasteiger partial charge on any atom is -0.366 e. The summed E-state index contributed by atoms with van der Waals surface area (Å²) < 4.78 is 1.86. The smallest absolute Gasteiger partial charge is 0.224 e. The molecule has 7 heteroatoms. The van der Waals surface area contributed by atoms with E-state index in [9.17, 15) is 4.79 Å². The van der Waals surface area contributed by atoms with E-state index in [1.54, 1.807) is 6.20 Å². The molecule has 0 spiro atoms. The van der Waals surface area contributed by atoms with Crippen molar-refractivity contribution in [1.29, 1.82) is 0 Å². The van der Waals surface area contributed by atoms with Crippen LogP contribution in [0.15, 0.2) is 12.4 Å². The molecule has 2 aromatic rings. The molecule has 0 atom stereocenters. The van der Waals surface area contributed by atoms with E-state index in [2.05, 4.69) is 20.5 Å². The van der Waals surface area contributed by atoms with Gasteiger partial charge in [0.1, 0.15) is 5.82 Å². The highest BCUT2D eigenvalue weighted by atomic mass is 16.2. The second kappa shape index (κ2) is 6.31. The van der Waals surface area contributed by atoms with Gasteiger partial charge in [-0.25, -0.2) is 4.98 Å². The van der Waals surface area contributed by atoms with E-state index in [1.807, 2.05) is 36.3 Å². The van der Waals surface area contributed by atoms with Crippen molar-refractivity contribution in [3.63, 3.8) is 0 Å². The average molecular weight is 276 g/mol. The summed E-state index contributed by atoms with van der Waals surface area (Å²) in [5.41, 5.74) is 0.681. The van der Waals surface area contributed by atoms with Crippen molar-refractivity contribution < 1.29 is 4.79 Å². The standard InChI is InChI=1S/C13H20N6O/c1-4-18(5-2)11(20)6-7-14-12-13-17-16-10(3)19(13)9-8-15-12/h8-9H,4-7H2,1-3H3,(H,14,15). The van der Waals surface area contributed by atoms with Gasteiger partial charge >= 0.3 is 0 Å². The molecule has 108 valence electrons. The first kappa shape index (κ1) is 14.2. The second-order valence-corrected chi connectivity index (χ2v) is 4.46. The Morgan fingerprint density at radius 3 is 2.80 bits per heavy atom. The Bertz CT molecular complexity index is 590. The molecule has 0 saturated heterocycles. The number of aromatic nitrogens is 4. The summed E-state index contributed by atoms with van der Waals surface area (Å²) in [6, 6.07) is 0. The zero-order valence-electron chi connectivity index (χ0n) is 12.1. The van der Waals surface area contributed by atoms with Gasteiger partial charge in [0.25, 0.3) is 0 Å². The van der Waals surface area contributed by atoms with Gasteiger partial charge in [0.2, 0.25) is 11.6 Å². The van der Waals surface area contributed by atoms with Crippen LogP contribution in [0, 0.1) is 6.92 Å². The van der Waals surface area contributed by atoms with Crippen LogP contribution in [0.1, 0.15) is 26.1 Å². The van der Waals surface area contributed by atoms with Gasteiger partial charge in [-0.15, -0.1) is 10.2 Å². The van der Waals surface area contributed by atoms with Crippen molar-refractivity contribution in [1.82, 2.24) is 24.5 Å². The molecule has 0 aliphatic rings. The topological polar surface area (TPSA) is 75.4 Å². The van der Waals surface area contributed by atoms with Crippen LogP contribution in [-0.2, 0) is 4.79 Å². The lowest BCUT2D eigenvalue weighted by Crippen LogP contribution is -2.31. The summed E-state index contributed by atoms with van der Waals surface area (Å²) in [5, 5.41) is 11.2. The van der Waals surface area contributed by atoms with Crippen LogP contribution in [0.5, 0.6) is 0 Å². The summed E-state index contributed by atoms with van der Waals surface area (Å²) in [4.78, 5) is 18.0. The van der Waals surface area contributed by atoms with Gasteiger partial charge < -0.3 is 10.2 Å². The van der Waals surface area contributed by atoms with E-state index in [0.29, 0.717) is 24.4 Å². The van der Waals surface area contributed by atoms with Gasteiger partial charge in [0.15, 0.2) is 5.82 Å². The normalized spacial score (nSPS) is 10.8. The van der Waals surface area contributed by atoms with Gasteiger partial charge in [-0.2, -0.15) is 0 Å². The number of carbonyl (C=O) groups is 1. The van der Waals surface area contributed by atoms with Gasteiger partial charge in [-0.1, -0.05) is 0 Å². The molecule has 0 saturated carbocycles. The molecule has 0 aliphatic heterocycles. The Kier molecular flexibility index (Phi) is 4.49. The molecule has 0 aromatic carbocycles. The maximum Gasteiger partial charge on any atom is 0.224 e. The molecule has 0 radical (unpaired) electrons. The predicted octanol–water partition coefficient (Wildman–Crippen LogP) is 1.10. The van der Waals surface area contributed by atoms with E-state index in [-0.39, 0.29) is 5.91 Å². The van der Waals surface area contributed by atoms with Crippen molar-refractivity contribution in [2.45, 2.75) is 27.2 Å².